The van der Waals surface area contributed by atoms with Crippen LogP contribution in [0.5, 0.6) is 11.5 Å². The van der Waals surface area contributed by atoms with Gasteiger partial charge < -0.3 is 15.7 Å². The van der Waals surface area contributed by atoms with E-state index in [0.29, 0.717) is 11.3 Å². The summed E-state index contributed by atoms with van der Waals surface area (Å²) in [5.41, 5.74) is 6.15. The van der Waals surface area contributed by atoms with Crippen LogP contribution in [0.15, 0.2) is 40.0 Å². The van der Waals surface area contributed by atoms with Crippen LogP contribution in [-0.2, 0) is 0 Å². The number of oxime groups is 1. The third kappa shape index (κ3) is 3.13. The second kappa shape index (κ2) is 6.09. The molecule has 2 aromatic rings. The molecule has 0 saturated heterocycles. The van der Waals surface area contributed by atoms with Gasteiger partial charge in [-0.3, -0.25) is 0 Å². The molecule has 4 nitrogen and oxygen atoms in total. The van der Waals surface area contributed by atoms with Crippen LogP contribution in [0.2, 0.25) is 0 Å². The van der Waals surface area contributed by atoms with E-state index in [1.807, 2.05) is 0 Å². The summed E-state index contributed by atoms with van der Waals surface area (Å²) in [7, 11) is 0. The van der Waals surface area contributed by atoms with Crippen LogP contribution < -0.4 is 10.5 Å². The number of aryl methyl sites for hydroxylation is 1. The molecule has 0 unspecified atom stereocenters. The number of halogens is 3. The number of benzene rings is 2. The summed E-state index contributed by atoms with van der Waals surface area (Å²) < 4.78 is 32.7. The molecule has 2 aromatic carbocycles. The molecule has 0 radical (unpaired) electrons. The van der Waals surface area contributed by atoms with E-state index < -0.39 is 11.6 Å². The van der Waals surface area contributed by atoms with Crippen molar-refractivity contribution in [3.8, 4) is 11.5 Å². The number of rotatable bonds is 3. The Hall–Kier alpha value is -2.15. The monoisotopic (exact) mass is 356 g/mol. The van der Waals surface area contributed by atoms with Gasteiger partial charge in [-0.2, -0.15) is 0 Å². The molecule has 110 valence electrons. The quantitative estimate of drug-likeness (QED) is 0.379. The lowest BCUT2D eigenvalue weighted by Gasteiger charge is -2.12. The summed E-state index contributed by atoms with van der Waals surface area (Å²) >= 11 is 3.03. The van der Waals surface area contributed by atoms with Gasteiger partial charge in [-0.1, -0.05) is 5.16 Å². The maximum Gasteiger partial charge on any atom is 0.180 e. The van der Waals surface area contributed by atoms with Crippen LogP contribution in [0, 0.1) is 18.6 Å². The lowest BCUT2D eigenvalue weighted by molar-refractivity contribution is 0.318. The zero-order valence-corrected chi connectivity index (χ0v) is 12.5. The first-order valence-corrected chi connectivity index (χ1v) is 6.63. The van der Waals surface area contributed by atoms with Crippen molar-refractivity contribution in [3.05, 3.63) is 57.6 Å². The normalized spacial score (nSPS) is 11.5. The van der Waals surface area contributed by atoms with Crippen molar-refractivity contribution in [2.24, 2.45) is 10.9 Å². The Bertz CT molecular complexity index is 720. The summed E-state index contributed by atoms with van der Waals surface area (Å²) in [6.07, 6.45) is 0. The molecule has 0 aliphatic rings. The smallest absolute Gasteiger partial charge is 0.180 e. The number of nitrogens with zero attached hydrogens (tertiary/aromatic N) is 1. The summed E-state index contributed by atoms with van der Waals surface area (Å²) in [5.74, 6) is -1.07. The Morgan fingerprint density at radius 2 is 1.90 bits per heavy atom. The molecule has 0 aliphatic heterocycles. The molecule has 0 bridgehead atoms. The molecule has 7 heteroatoms. The minimum absolute atomic E-state index is 0.00932. The van der Waals surface area contributed by atoms with E-state index in [1.54, 1.807) is 6.92 Å². The lowest BCUT2D eigenvalue weighted by atomic mass is 10.2. The predicted octanol–water partition coefficient (Wildman–Crippen LogP) is 3.92. The highest BCUT2D eigenvalue weighted by molar-refractivity contribution is 9.10. The van der Waals surface area contributed by atoms with Crippen LogP contribution >= 0.6 is 15.9 Å². The van der Waals surface area contributed by atoms with E-state index in [0.717, 1.165) is 0 Å². The van der Waals surface area contributed by atoms with E-state index in [-0.39, 0.29) is 21.6 Å². The van der Waals surface area contributed by atoms with Crippen LogP contribution in [0.4, 0.5) is 8.78 Å². The van der Waals surface area contributed by atoms with Crippen LogP contribution in [-0.4, -0.2) is 11.0 Å². The molecule has 0 fully saturated rings. The number of ether oxygens (including phenoxy) is 1. The van der Waals surface area contributed by atoms with Crippen molar-refractivity contribution in [2.75, 3.05) is 0 Å². The molecule has 0 aliphatic carbocycles. The number of amidine groups is 1. The minimum atomic E-state index is -0.706. The zero-order valence-electron chi connectivity index (χ0n) is 10.9. The predicted molar refractivity (Wildman–Crippen MR) is 77.8 cm³/mol. The molecule has 0 heterocycles. The molecule has 21 heavy (non-hydrogen) atoms. The molecule has 0 saturated carbocycles. The average molecular weight is 357 g/mol. The van der Waals surface area contributed by atoms with E-state index in [1.165, 1.54) is 30.3 Å². The van der Waals surface area contributed by atoms with Crippen molar-refractivity contribution >= 4 is 21.8 Å². The number of hydrogen-bond donors (Lipinski definition) is 2. The zero-order chi connectivity index (χ0) is 15.6. The fraction of sp³-hybridized carbons (Fsp3) is 0.0714. The van der Waals surface area contributed by atoms with Crippen molar-refractivity contribution < 1.29 is 18.7 Å². The first-order valence-electron chi connectivity index (χ1n) is 5.84. The third-order valence-electron chi connectivity index (χ3n) is 2.79. The molecule has 2 rings (SSSR count). The standard InChI is InChI=1S/C14H11BrF2N2O2/c1-7-6-8(16)2-4-10(7)21-11-5-3-9(14(18)19-20)12(15)13(11)17/h2-6,20H,1H3,(H2,18,19). The molecule has 0 amide bonds. The third-order valence-corrected chi connectivity index (χ3v) is 3.56. The summed E-state index contributed by atoms with van der Waals surface area (Å²) in [5, 5.41) is 11.4. The summed E-state index contributed by atoms with van der Waals surface area (Å²) in [6.45, 7) is 1.65. The van der Waals surface area contributed by atoms with Gasteiger partial charge in [-0.15, -0.1) is 0 Å². The first kappa shape index (κ1) is 15.2. The maximum absolute atomic E-state index is 14.2. The van der Waals surface area contributed by atoms with Crippen LogP contribution in [0.25, 0.3) is 0 Å². The van der Waals surface area contributed by atoms with E-state index in [9.17, 15) is 8.78 Å². The Labute approximate surface area is 128 Å². The number of nitrogens with two attached hydrogens (primary N) is 1. The largest absolute Gasteiger partial charge is 0.454 e. The molecule has 0 spiro atoms. The van der Waals surface area contributed by atoms with E-state index in [2.05, 4.69) is 21.1 Å². The van der Waals surface area contributed by atoms with Gasteiger partial charge in [-0.05, 0) is 58.7 Å². The fourth-order valence-electron chi connectivity index (χ4n) is 1.71. The molecule has 0 aromatic heterocycles. The molecule has 3 N–H and O–H groups in total. The SMILES string of the molecule is Cc1cc(F)ccc1Oc1ccc(/C(N)=N/O)c(Br)c1F. The van der Waals surface area contributed by atoms with Crippen LogP contribution in [0.1, 0.15) is 11.1 Å². The topological polar surface area (TPSA) is 67.8 Å². The van der Waals surface area contributed by atoms with Crippen molar-refractivity contribution in [1.29, 1.82) is 0 Å². The van der Waals surface area contributed by atoms with Gasteiger partial charge in [0.2, 0.25) is 0 Å². The Morgan fingerprint density at radius 3 is 2.52 bits per heavy atom. The molecular weight excluding hydrogens is 346 g/mol. The number of hydrogen-bond acceptors (Lipinski definition) is 3. The van der Waals surface area contributed by atoms with Crippen molar-refractivity contribution in [2.45, 2.75) is 6.92 Å². The maximum atomic E-state index is 14.2. The first-order chi connectivity index (χ1) is 9.93. The van der Waals surface area contributed by atoms with Gasteiger partial charge in [0.1, 0.15) is 11.6 Å². The Kier molecular flexibility index (Phi) is 4.42. The van der Waals surface area contributed by atoms with Crippen LogP contribution in [0.3, 0.4) is 0 Å². The van der Waals surface area contributed by atoms with Gasteiger partial charge in [0.25, 0.3) is 0 Å². The fourth-order valence-corrected chi connectivity index (χ4v) is 2.24. The highest BCUT2D eigenvalue weighted by atomic mass is 79.9. The van der Waals surface area contributed by atoms with Gasteiger partial charge in [0.05, 0.1) is 4.47 Å². The highest BCUT2D eigenvalue weighted by Gasteiger charge is 2.16. The van der Waals surface area contributed by atoms with Crippen molar-refractivity contribution in [3.63, 3.8) is 0 Å². The Balaban J connectivity index is 2.40. The molecule has 0 atom stereocenters. The minimum Gasteiger partial charge on any atom is -0.454 e. The van der Waals surface area contributed by atoms with Gasteiger partial charge in [-0.25, -0.2) is 8.78 Å². The lowest BCUT2D eigenvalue weighted by Crippen LogP contribution is -2.14. The average Bonchev–Trinajstić information content (AvgIpc) is 2.46. The van der Waals surface area contributed by atoms with Crippen molar-refractivity contribution in [1.82, 2.24) is 0 Å². The highest BCUT2D eigenvalue weighted by Crippen LogP contribution is 2.33. The van der Waals surface area contributed by atoms with Gasteiger partial charge in [0, 0.05) is 5.56 Å². The second-order valence-electron chi connectivity index (χ2n) is 4.24. The Morgan fingerprint density at radius 1 is 1.24 bits per heavy atom. The summed E-state index contributed by atoms with van der Waals surface area (Å²) in [6, 6.07) is 6.70. The van der Waals surface area contributed by atoms with E-state index in [4.69, 9.17) is 15.7 Å². The van der Waals surface area contributed by atoms with Gasteiger partial charge >= 0.3 is 0 Å². The second-order valence-corrected chi connectivity index (χ2v) is 5.03. The van der Waals surface area contributed by atoms with E-state index >= 15 is 0 Å². The molecular formula is C14H11BrF2N2O2. The van der Waals surface area contributed by atoms with Gasteiger partial charge in [0.15, 0.2) is 17.4 Å². The summed E-state index contributed by atoms with van der Waals surface area (Å²) in [4.78, 5) is 0.